The monoisotopic (exact) mass is 202 g/mol. The molecule has 0 atom stereocenters. The summed E-state index contributed by atoms with van der Waals surface area (Å²) in [5, 5.41) is 0. The van der Waals surface area contributed by atoms with Crippen molar-refractivity contribution in [1.29, 1.82) is 0 Å². The van der Waals surface area contributed by atoms with E-state index in [1.165, 1.54) is 0 Å². The minimum absolute atomic E-state index is 0. The molecule has 13 heavy (non-hydrogen) atoms. The minimum Gasteiger partial charge on any atom is -0.486 e. The molecule has 0 aromatic carbocycles. The van der Waals surface area contributed by atoms with Crippen LogP contribution in [-0.2, 0) is 6.54 Å². The van der Waals surface area contributed by atoms with Gasteiger partial charge in [0.25, 0.3) is 0 Å². The standard InChI is InChI=1S/C8H10N2O2.ClH/c9-4-6-3-7-8(5-10-6)12-2-1-11-7;/h3,5H,1-2,4,9H2;1H. The van der Waals surface area contributed by atoms with Gasteiger partial charge in [-0.3, -0.25) is 4.98 Å². The molecule has 1 aliphatic rings. The van der Waals surface area contributed by atoms with E-state index >= 15 is 0 Å². The third kappa shape index (κ3) is 2.02. The number of nitrogens with zero attached hydrogens (tertiary/aromatic N) is 1. The van der Waals surface area contributed by atoms with Crippen molar-refractivity contribution in [3.8, 4) is 11.5 Å². The topological polar surface area (TPSA) is 57.4 Å². The van der Waals surface area contributed by atoms with Gasteiger partial charge in [-0.2, -0.15) is 0 Å². The highest BCUT2D eigenvalue weighted by Crippen LogP contribution is 2.28. The molecule has 2 N–H and O–H groups in total. The van der Waals surface area contributed by atoms with Gasteiger partial charge < -0.3 is 15.2 Å². The van der Waals surface area contributed by atoms with Gasteiger partial charge in [0.2, 0.25) is 0 Å². The third-order valence-electron chi connectivity index (χ3n) is 1.70. The fourth-order valence-corrected chi connectivity index (χ4v) is 1.10. The lowest BCUT2D eigenvalue weighted by molar-refractivity contribution is 0.170. The number of hydrogen-bond acceptors (Lipinski definition) is 4. The first kappa shape index (κ1) is 10.1. The van der Waals surface area contributed by atoms with Gasteiger partial charge in [0.05, 0.1) is 11.9 Å². The zero-order chi connectivity index (χ0) is 8.39. The molecule has 5 heteroatoms. The number of pyridine rings is 1. The predicted octanol–water partition coefficient (Wildman–Crippen LogP) is 0.733. The molecule has 4 nitrogen and oxygen atoms in total. The highest BCUT2D eigenvalue weighted by atomic mass is 35.5. The minimum atomic E-state index is 0. The average Bonchev–Trinajstić information content (AvgIpc) is 2.17. The fraction of sp³-hybridized carbons (Fsp3) is 0.375. The molecular formula is C8H11ClN2O2. The summed E-state index contributed by atoms with van der Waals surface area (Å²) >= 11 is 0. The second-order valence-corrected chi connectivity index (χ2v) is 2.52. The Morgan fingerprint density at radius 2 is 2.00 bits per heavy atom. The molecule has 2 heterocycles. The summed E-state index contributed by atoms with van der Waals surface area (Å²) in [7, 11) is 0. The number of ether oxygens (including phenoxy) is 2. The quantitative estimate of drug-likeness (QED) is 0.730. The van der Waals surface area contributed by atoms with E-state index in [4.69, 9.17) is 15.2 Å². The molecule has 0 saturated heterocycles. The lowest BCUT2D eigenvalue weighted by Crippen LogP contribution is -2.16. The van der Waals surface area contributed by atoms with Crippen molar-refractivity contribution < 1.29 is 9.47 Å². The third-order valence-corrected chi connectivity index (χ3v) is 1.70. The first-order valence-corrected chi connectivity index (χ1v) is 3.85. The number of hydrogen-bond donors (Lipinski definition) is 1. The van der Waals surface area contributed by atoms with Crippen molar-refractivity contribution in [3.63, 3.8) is 0 Å². The molecular weight excluding hydrogens is 192 g/mol. The van der Waals surface area contributed by atoms with E-state index in [2.05, 4.69) is 4.98 Å². The van der Waals surface area contributed by atoms with E-state index < -0.39 is 0 Å². The van der Waals surface area contributed by atoms with Crippen LogP contribution in [-0.4, -0.2) is 18.2 Å². The van der Waals surface area contributed by atoms with Gasteiger partial charge in [0, 0.05) is 12.6 Å². The van der Waals surface area contributed by atoms with Crippen molar-refractivity contribution in [1.82, 2.24) is 4.98 Å². The van der Waals surface area contributed by atoms with Gasteiger partial charge >= 0.3 is 0 Å². The van der Waals surface area contributed by atoms with Crippen LogP contribution < -0.4 is 15.2 Å². The van der Waals surface area contributed by atoms with Crippen LogP contribution >= 0.6 is 12.4 Å². The molecule has 2 rings (SSSR count). The van der Waals surface area contributed by atoms with Crippen molar-refractivity contribution in [2.24, 2.45) is 5.73 Å². The molecule has 0 fully saturated rings. The summed E-state index contributed by atoms with van der Waals surface area (Å²) in [4.78, 5) is 4.08. The van der Waals surface area contributed by atoms with Crippen LogP contribution in [0.2, 0.25) is 0 Å². The SMILES string of the molecule is Cl.NCc1cc2c(cn1)OCCO2. The van der Waals surface area contributed by atoms with Crippen LogP contribution in [0, 0.1) is 0 Å². The molecule has 1 aromatic rings. The zero-order valence-electron chi connectivity index (χ0n) is 7.03. The van der Waals surface area contributed by atoms with Crippen LogP contribution in [0.1, 0.15) is 5.69 Å². The Morgan fingerprint density at radius 1 is 1.31 bits per heavy atom. The van der Waals surface area contributed by atoms with Gasteiger partial charge in [-0.1, -0.05) is 0 Å². The molecule has 0 unspecified atom stereocenters. The lowest BCUT2D eigenvalue weighted by atomic mass is 10.3. The average molecular weight is 203 g/mol. The highest BCUT2D eigenvalue weighted by molar-refractivity contribution is 5.85. The highest BCUT2D eigenvalue weighted by Gasteiger charge is 2.11. The van der Waals surface area contributed by atoms with Crippen molar-refractivity contribution >= 4 is 12.4 Å². The Balaban J connectivity index is 0.000000845. The molecule has 0 spiro atoms. The Hall–Kier alpha value is -1.00. The molecule has 1 aromatic heterocycles. The smallest absolute Gasteiger partial charge is 0.179 e. The van der Waals surface area contributed by atoms with Crippen molar-refractivity contribution in [2.45, 2.75) is 6.54 Å². The maximum Gasteiger partial charge on any atom is 0.179 e. The van der Waals surface area contributed by atoms with Gasteiger partial charge in [0.1, 0.15) is 13.2 Å². The van der Waals surface area contributed by atoms with Crippen LogP contribution in [0.15, 0.2) is 12.3 Å². The zero-order valence-corrected chi connectivity index (χ0v) is 7.84. The van der Waals surface area contributed by atoms with Crippen LogP contribution in [0.5, 0.6) is 11.5 Å². The summed E-state index contributed by atoms with van der Waals surface area (Å²) in [5.74, 6) is 1.45. The number of fused-ring (bicyclic) bond motifs is 1. The van der Waals surface area contributed by atoms with Crippen LogP contribution in [0.4, 0.5) is 0 Å². The largest absolute Gasteiger partial charge is 0.486 e. The Bertz CT molecular complexity index is 293. The summed E-state index contributed by atoms with van der Waals surface area (Å²) in [5.41, 5.74) is 6.24. The molecule has 0 radical (unpaired) electrons. The maximum atomic E-state index is 5.42. The molecule has 0 amide bonds. The van der Waals surface area contributed by atoms with E-state index in [1.807, 2.05) is 6.07 Å². The first-order valence-electron chi connectivity index (χ1n) is 3.85. The summed E-state index contributed by atoms with van der Waals surface area (Å²) in [6.45, 7) is 1.62. The van der Waals surface area contributed by atoms with Gasteiger partial charge in [-0.15, -0.1) is 12.4 Å². The van der Waals surface area contributed by atoms with E-state index in [9.17, 15) is 0 Å². The molecule has 0 saturated carbocycles. The summed E-state index contributed by atoms with van der Waals surface area (Å²) in [6.07, 6.45) is 1.65. The van der Waals surface area contributed by atoms with E-state index in [0.717, 1.165) is 11.4 Å². The predicted molar refractivity (Wildman–Crippen MR) is 50.4 cm³/mol. The lowest BCUT2D eigenvalue weighted by Gasteiger charge is -2.17. The number of rotatable bonds is 1. The van der Waals surface area contributed by atoms with E-state index in [-0.39, 0.29) is 12.4 Å². The van der Waals surface area contributed by atoms with E-state index in [1.54, 1.807) is 6.20 Å². The van der Waals surface area contributed by atoms with Crippen LogP contribution in [0.3, 0.4) is 0 Å². The Morgan fingerprint density at radius 3 is 2.69 bits per heavy atom. The summed E-state index contributed by atoms with van der Waals surface area (Å²) < 4.78 is 10.6. The van der Waals surface area contributed by atoms with Gasteiger partial charge in [-0.25, -0.2) is 0 Å². The van der Waals surface area contributed by atoms with E-state index in [0.29, 0.717) is 25.5 Å². The van der Waals surface area contributed by atoms with Crippen molar-refractivity contribution in [2.75, 3.05) is 13.2 Å². The Kier molecular flexibility index (Phi) is 3.33. The second-order valence-electron chi connectivity index (χ2n) is 2.52. The van der Waals surface area contributed by atoms with Gasteiger partial charge in [-0.05, 0) is 0 Å². The second kappa shape index (κ2) is 4.30. The van der Waals surface area contributed by atoms with Crippen LogP contribution in [0.25, 0.3) is 0 Å². The fourth-order valence-electron chi connectivity index (χ4n) is 1.10. The summed E-state index contributed by atoms with van der Waals surface area (Å²) in [6, 6.07) is 1.81. The first-order chi connectivity index (χ1) is 5.90. The van der Waals surface area contributed by atoms with Crippen molar-refractivity contribution in [3.05, 3.63) is 18.0 Å². The number of aromatic nitrogens is 1. The number of halogens is 1. The van der Waals surface area contributed by atoms with Gasteiger partial charge in [0.15, 0.2) is 11.5 Å². The molecule has 0 bridgehead atoms. The normalized spacial score (nSPS) is 13.3. The molecule has 72 valence electrons. The molecule has 0 aliphatic carbocycles. The maximum absolute atomic E-state index is 5.42. The number of nitrogens with two attached hydrogens (primary N) is 1. The Labute approximate surface area is 82.5 Å². The molecule has 1 aliphatic heterocycles.